The number of hydrogen-bond acceptors (Lipinski definition) is 3. The standard InChI is InChI=1S/C24H20BrNO3/c1-16-6-4-7-17(12-16)15-26-21-11-3-2-10-20(21)24(29,23(26)28)14-22(27)18-8-5-9-19(25)13-18/h2-13,29H,14-15H2,1H3. The fourth-order valence-electron chi connectivity index (χ4n) is 3.82. The number of amides is 1. The van der Waals surface area contributed by atoms with Gasteiger partial charge in [-0.2, -0.15) is 0 Å². The number of halogens is 1. The summed E-state index contributed by atoms with van der Waals surface area (Å²) in [4.78, 5) is 27.8. The van der Waals surface area contributed by atoms with Crippen LogP contribution in [0.3, 0.4) is 0 Å². The maximum absolute atomic E-state index is 13.3. The molecule has 1 atom stereocenters. The monoisotopic (exact) mass is 449 g/mol. The maximum Gasteiger partial charge on any atom is 0.264 e. The van der Waals surface area contributed by atoms with Crippen LogP contribution in [0.1, 0.15) is 33.5 Å². The molecule has 1 aliphatic rings. The largest absolute Gasteiger partial charge is 0.375 e. The Morgan fingerprint density at radius 1 is 1.03 bits per heavy atom. The van der Waals surface area contributed by atoms with E-state index in [-0.39, 0.29) is 12.2 Å². The Morgan fingerprint density at radius 3 is 2.55 bits per heavy atom. The number of hydrogen-bond donors (Lipinski definition) is 1. The first kappa shape index (κ1) is 19.6. The zero-order valence-electron chi connectivity index (χ0n) is 15.9. The Morgan fingerprint density at radius 2 is 1.79 bits per heavy atom. The molecule has 3 aromatic carbocycles. The lowest BCUT2D eigenvalue weighted by Gasteiger charge is -2.23. The summed E-state index contributed by atoms with van der Waals surface area (Å²) in [7, 11) is 0. The highest BCUT2D eigenvalue weighted by molar-refractivity contribution is 9.10. The zero-order valence-corrected chi connectivity index (χ0v) is 17.5. The highest BCUT2D eigenvalue weighted by Crippen LogP contribution is 2.43. The first-order chi connectivity index (χ1) is 13.9. The normalized spacial score (nSPS) is 18.0. The number of nitrogens with zero attached hydrogens (tertiary/aromatic N) is 1. The molecule has 0 aliphatic carbocycles. The average molecular weight is 450 g/mol. The van der Waals surface area contributed by atoms with Crippen molar-refractivity contribution in [1.82, 2.24) is 0 Å². The van der Waals surface area contributed by atoms with Crippen LogP contribution in [-0.4, -0.2) is 16.8 Å². The fourth-order valence-corrected chi connectivity index (χ4v) is 4.22. The molecule has 5 heteroatoms. The van der Waals surface area contributed by atoms with Gasteiger partial charge in [-0.25, -0.2) is 0 Å². The van der Waals surface area contributed by atoms with Gasteiger partial charge in [0.25, 0.3) is 5.91 Å². The van der Waals surface area contributed by atoms with Crippen LogP contribution < -0.4 is 4.90 Å². The molecule has 0 spiro atoms. The lowest BCUT2D eigenvalue weighted by Crippen LogP contribution is -2.41. The summed E-state index contributed by atoms with van der Waals surface area (Å²) in [5.74, 6) is -0.752. The number of carbonyl (C=O) groups excluding carboxylic acids is 2. The van der Waals surface area contributed by atoms with Crippen LogP contribution in [0.5, 0.6) is 0 Å². The molecule has 0 saturated heterocycles. The summed E-state index contributed by atoms with van der Waals surface area (Å²) < 4.78 is 0.773. The van der Waals surface area contributed by atoms with Gasteiger partial charge in [0.1, 0.15) is 0 Å². The Balaban J connectivity index is 1.68. The van der Waals surface area contributed by atoms with Gasteiger partial charge in [0.05, 0.1) is 18.7 Å². The Kier molecular flexibility index (Phi) is 5.11. The minimum atomic E-state index is -1.88. The first-order valence-electron chi connectivity index (χ1n) is 9.37. The number of anilines is 1. The number of benzene rings is 3. The third-order valence-corrected chi connectivity index (χ3v) is 5.72. The van der Waals surface area contributed by atoms with E-state index in [1.165, 1.54) is 0 Å². The zero-order chi connectivity index (χ0) is 20.6. The number of carbonyl (C=O) groups is 2. The summed E-state index contributed by atoms with van der Waals surface area (Å²) in [5.41, 5.74) is 1.76. The third kappa shape index (κ3) is 3.63. The Hall–Kier alpha value is -2.76. The van der Waals surface area contributed by atoms with E-state index in [1.54, 1.807) is 35.2 Å². The van der Waals surface area contributed by atoms with Crippen molar-refractivity contribution in [2.24, 2.45) is 0 Å². The summed E-state index contributed by atoms with van der Waals surface area (Å²) in [5, 5.41) is 11.4. The van der Waals surface area contributed by atoms with Crippen molar-refractivity contribution in [3.05, 3.63) is 99.5 Å². The number of rotatable bonds is 5. The van der Waals surface area contributed by atoms with Crippen LogP contribution in [0.15, 0.2) is 77.3 Å². The van der Waals surface area contributed by atoms with Gasteiger partial charge >= 0.3 is 0 Å². The molecular formula is C24H20BrNO3. The molecule has 0 bridgehead atoms. The fraction of sp³-hybridized carbons (Fsp3) is 0.167. The molecule has 0 aromatic heterocycles. The van der Waals surface area contributed by atoms with Crippen molar-refractivity contribution < 1.29 is 14.7 Å². The molecule has 0 saturated carbocycles. The SMILES string of the molecule is Cc1cccc(CN2C(=O)C(O)(CC(=O)c3cccc(Br)c3)c3ccccc32)c1. The lowest BCUT2D eigenvalue weighted by molar-refractivity contribution is -0.136. The van der Waals surface area contributed by atoms with E-state index in [1.807, 2.05) is 49.4 Å². The van der Waals surface area contributed by atoms with Crippen LogP contribution in [0.25, 0.3) is 0 Å². The number of aryl methyl sites for hydroxylation is 1. The summed E-state index contributed by atoms with van der Waals surface area (Å²) in [6, 6.07) is 22.0. The average Bonchev–Trinajstić information content (AvgIpc) is 2.90. The Bertz CT molecular complexity index is 1110. The van der Waals surface area contributed by atoms with Gasteiger partial charge in [-0.3, -0.25) is 9.59 Å². The molecule has 1 amide bonds. The van der Waals surface area contributed by atoms with Crippen LogP contribution in [0, 0.1) is 6.92 Å². The molecular weight excluding hydrogens is 430 g/mol. The van der Waals surface area contributed by atoms with Crippen LogP contribution in [0.4, 0.5) is 5.69 Å². The van der Waals surface area contributed by atoms with Crippen molar-refractivity contribution in [3.63, 3.8) is 0 Å². The number of ketones is 1. The van der Waals surface area contributed by atoms with Crippen LogP contribution in [-0.2, 0) is 16.9 Å². The van der Waals surface area contributed by atoms with E-state index >= 15 is 0 Å². The van der Waals surface area contributed by atoms with Crippen molar-refractivity contribution >= 4 is 33.3 Å². The first-order valence-corrected chi connectivity index (χ1v) is 10.2. The number of fused-ring (bicyclic) bond motifs is 1. The van der Waals surface area contributed by atoms with Crippen molar-refractivity contribution in [1.29, 1.82) is 0 Å². The second kappa shape index (κ2) is 7.58. The van der Waals surface area contributed by atoms with Gasteiger partial charge < -0.3 is 10.0 Å². The third-order valence-electron chi connectivity index (χ3n) is 5.23. The molecule has 146 valence electrons. The van der Waals surface area contributed by atoms with Gasteiger partial charge in [0.15, 0.2) is 11.4 Å². The van der Waals surface area contributed by atoms with Crippen LogP contribution >= 0.6 is 15.9 Å². The van der Waals surface area contributed by atoms with Gasteiger partial charge in [0, 0.05) is 15.6 Å². The number of para-hydroxylation sites is 1. The van der Waals surface area contributed by atoms with Crippen LogP contribution in [0.2, 0.25) is 0 Å². The van der Waals surface area contributed by atoms with Gasteiger partial charge in [-0.15, -0.1) is 0 Å². The highest BCUT2D eigenvalue weighted by Gasteiger charge is 2.50. The van der Waals surface area contributed by atoms with Gasteiger partial charge in [-0.05, 0) is 30.7 Å². The van der Waals surface area contributed by atoms with E-state index in [9.17, 15) is 14.7 Å². The second-order valence-corrected chi connectivity index (χ2v) is 8.28. The maximum atomic E-state index is 13.3. The minimum Gasteiger partial charge on any atom is -0.375 e. The predicted octanol–water partition coefficient (Wildman–Crippen LogP) is 4.76. The predicted molar refractivity (Wildman–Crippen MR) is 116 cm³/mol. The van der Waals surface area contributed by atoms with E-state index in [2.05, 4.69) is 15.9 Å². The molecule has 1 unspecified atom stereocenters. The van der Waals surface area contributed by atoms with Crippen molar-refractivity contribution in [2.45, 2.75) is 25.5 Å². The van der Waals surface area contributed by atoms with Crippen molar-refractivity contribution in [3.8, 4) is 0 Å². The highest BCUT2D eigenvalue weighted by atomic mass is 79.9. The van der Waals surface area contributed by atoms with E-state index in [4.69, 9.17) is 0 Å². The van der Waals surface area contributed by atoms with Crippen molar-refractivity contribution in [2.75, 3.05) is 4.90 Å². The molecule has 1 N–H and O–H groups in total. The topological polar surface area (TPSA) is 57.6 Å². The quantitative estimate of drug-likeness (QED) is 0.570. The molecule has 3 aromatic rings. The summed E-state index contributed by atoms with van der Waals surface area (Å²) in [6.45, 7) is 2.33. The van der Waals surface area contributed by atoms with E-state index in [0.717, 1.165) is 15.6 Å². The Labute approximate surface area is 177 Å². The second-order valence-electron chi connectivity index (χ2n) is 7.37. The van der Waals surface area contributed by atoms with E-state index in [0.29, 0.717) is 23.4 Å². The molecule has 4 rings (SSSR count). The molecule has 0 radical (unpaired) electrons. The lowest BCUT2D eigenvalue weighted by atomic mass is 9.88. The summed E-state index contributed by atoms with van der Waals surface area (Å²) >= 11 is 3.36. The molecule has 1 aliphatic heterocycles. The minimum absolute atomic E-state index is 0.283. The number of Topliss-reactive ketones (excluding diaryl/α,β-unsaturated/α-hetero) is 1. The van der Waals surface area contributed by atoms with Gasteiger partial charge in [-0.1, -0.05) is 76.1 Å². The van der Waals surface area contributed by atoms with E-state index < -0.39 is 11.5 Å². The number of aliphatic hydroxyl groups is 1. The smallest absolute Gasteiger partial charge is 0.264 e. The summed E-state index contributed by atoms with van der Waals surface area (Å²) in [6.07, 6.45) is -0.302. The molecule has 1 heterocycles. The molecule has 0 fully saturated rings. The van der Waals surface area contributed by atoms with Gasteiger partial charge in [0.2, 0.25) is 0 Å². The molecule has 4 nitrogen and oxygen atoms in total. The molecule has 29 heavy (non-hydrogen) atoms.